The van der Waals surface area contributed by atoms with E-state index >= 15 is 0 Å². The van der Waals surface area contributed by atoms with E-state index in [1.165, 1.54) is 11.9 Å². The van der Waals surface area contributed by atoms with Crippen molar-refractivity contribution in [3.05, 3.63) is 66.0 Å². The number of nitrogens with one attached hydrogen (secondary N) is 2. The Kier molecular flexibility index (Phi) is 4.75. The van der Waals surface area contributed by atoms with Gasteiger partial charge in [-0.05, 0) is 29.7 Å². The summed E-state index contributed by atoms with van der Waals surface area (Å²) >= 11 is 0. The number of hydrogen-bond acceptors (Lipinski definition) is 5. The third-order valence-corrected chi connectivity index (χ3v) is 4.49. The molecule has 2 aromatic carbocycles. The smallest absolute Gasteiger partial charge is 0.253 e. The van der Waals surface area contributed by atoms with Crippen LogP contribution in [-0.2, 0) is 16.0 Å². The molecule has 6 heteroatoms. The minimum atomic E-state index is -0.528. The molecule has 0 saturated heterocycles. The third-order valence-electron chi connectivity index (χ3n) is 4.49. The van der Waals surface area contributed by atoms with Gasteiger partial charge in [-0.1, -0.05) is 36.4 Å². The van der Waals surface area contributed by atoms with Crippen molar-refractivity contribution in [2.75, 3.05) is 25.0 Å². The highest BCUT2D eigenvalue weighted by molar-refractivity contribution is 5.88. The van der Waals surface area contributed by atoms with Gasteiger partial charge >= 0.3 is 0 Å². The van der Waals surface area contributed by atoms with E-state index in [1.807, 2.05) is 42.5 Å². The summed E-state index contributed by atoms with van der Waals surface area (Å²) in [4.78, 5) is 21.0. The number of aromatic nitrogens is 2. The Balaban J connectivity index is 1.35. The summed E-state index contributed by atoms with van der Waals surface area (Å²) in [5.41, 5.74) is 3.04. The number of hydrogen-bond donors (Lipinski definition) is 2. The number of nitrogens with zero attached hydrogens (tertiary/aromatic N) is 2. The lowest BCUT2D eigenvalue weighted by atomic mass is 9.97. The topological polar surface area (TPSA) is 76.1 Å². The number of fused-ring (bicyclic) bond motifs is 2. The summed E-state index contributed by atoms with van der Waals surface area (Å²) in [5, 5.41) is 7.16. The van der Waals surface area contributed by atoms with Crippen molar-refractivity contribution >= 4 is 22.6 Å². The first kappa shape index (κ1) is 16.5. The predicted octanol–water partition coefficient (Wildman–Crippen LogP) is 2.47. The van der Waals surface area contributed by atoms with E-state index in [-0.39, 0.29) is 5.91 Å². The molecule has 0 aliphatic carbocycles. The highest BCUT2D eigenvalue weighted by Crippen LogP contribution is 2.26. The number of amides is 1. The van der Waals surface area contributed by atoms with E-state index in [1.54, 1.807) is 0 Å². The minimum absolute atomic E-state index is 0.105. The van der Waals surface area contributed by atoms with Crippen LogP contribution in [0.3, 0.4) is 0 Å². The van der Waals surface area contributed by atoms with Crippen LogP contribution in [0.15, 0.2) is 54.9 Å². The van der Waals surface area contributed by atoms with E-state index in [4.69, 9.17) is 4.74 Å². The van der Waals surface area contributed by atoms with Crippen molar-refractivity contribution < 1.29 is 9.53 Å². The molecule has 2 N–H and O–H groups in total. The molecule has 0 saturated carbocycles. The Morgan fingerprint density at radius 1 is 1.08 bits per heavy atom. The maximum absolute atomic E-state index is 12.5. The van der Waals surface area contributed by atoms with Gasteiger partial charge in [0.05, 0.1) is 12.1 Å². The first-order chi connectivity index (χ1) is 12.8. The number of carbonyl (C=O) groups is 1. The lowest BCUT2D eigenvalue weighted by molar-refractivity contribution is -0.134. The maximum Gasteiger partial charge on any atom is 0.253 e. The SMILES string of the molecule is O=C(NCCNc1ncnc2ccccc12)C1OCCc2ccccc21. The van der Waals surface area contributed by atoms with Crippen molar-refractivity contribution in [1.82, 2.24) is 15.3 Å². The van der Waals surface area contributed by atoms with E-state index in [2.05, 4.69) is 26.7 Å². The number of benzene rings is 2. The van der Waals surface area contributed by atoms with E-state index in [9.17, 15) is 4.79 Å². The molecule has 1 atom stereocenters. The fourth-order valence-electron chi connectivity index (χ4n) is 3.22. The summed E-state index contributed by atoms with van der Waals surface area (Å²) in [7, 11) is 0. The lowest BCUT2D eigenvalue weighted by Crippen LogP contribution is -2.36. The first-order valence-electron chi connectivity index (χ1n) is 8.73. The second-order valence-electron chi connectivity index (χ2n) is 6.16. The average molecular weight is 348 g/mol. The molecule has 6 nitrogen and oxygen atoms in total. The van der Waals surface area contributed by atoms with Gasteiger partial charge < -0.3 is 15.4 Å². The van der Waals surface area contributed by atoms with Crippen LogP contribution >= 0.6 is 0 Å². The number of rotatable bonds is 5. The Morgan fingerprint density at radius 3 is 2.88 bits per heavy atom. The van der Waals surface area contributed by atoms with Crippen LogP contribution < -0.4 is 10.6 Å². The molecule has 132 valence electrons. The van der Waals surface area contributed by atoms with Gasteiger partial charge in [-0.3, -0.25) is 4.79 Å². The average Bonchev–Trinajstić information content (AvgIpc) is 2.70. The Labute approximate surface area is 151 Å². The molecular formula is C20H20N4O2. The second kappa shape index (κ2) is 7.49. The van der Waals surface area contributed by atoms with Crippen molar-refractivity contribution in [1.29, 1.82) is 0 Å². The van der Waals surface area contributed by atoms with Gasteiger partial charge in [-0.15, -0.1) is 0 Å². The number of para-hydroxylation sites is 1. The van der Waals surface area contributed by atoms with E-state index < -0.39 is 6.10 Å². The highest BCUT2D eigenvalue weighted by atomic mass is 16.5. The van der Waals surface area contributed by atoms with Crippen molar-refractivity contribution in [3.8, 4) is 0 Å². The van der Waals surface area contributed by atoms with Crippen LogP contribution in [0, 0.1) is 0 Å². The molecule has 0 bridgehead atoms. The highest BCUT2D eigenvalue weighted by Gasteiger charge is 2.26. The summed E-state index contributed by atoms with van der Waals surface area (Å²) in [6.07, 6.45) is 1.86. The van der Waals surface area contributed by atoms with Gasteiger partial charge in [-0.25, -0.2) is 9.97 Å². The van der Waals surface area contributed by atoms with Gasteiger partial charge in [-0.2, -0.15) is 0 Å². The molecule has 0 radical (unpaired) electrons. The summed E-state index contributed by atoms with van der Waals surface area (Å²) < 4.78 is 5.69. The van der Waals surface area contributed by atoms with Crippen molar-refractivity contribution in [2.45, 2.75) is 12.5 Å². The molecule has 1 amide bonds. The maximum atomic E-state index is 12.5. The van der Waals surface area contributed by atoms with Crippen LogP contribution in [0.5, 0.6) is 0 Å². The van der Waals surface area contributed by atoms with Crippen LogP contribution in [0.25, 0.3) is 10.9 Å². The monoisotopic (exact) mass is 348 g/mol. The molecule has 26 heavy (non-hydrogen) atoms. The molecule has 1 aliphatic rings. The predicted molar refractivity (Wildman–Crippen MR) is 99.9 cm³/mol. The van der Waals surface area contributed by atoms with E-state index in [0.29, 0.717) is 19.7 Å². The number of anilines is 1. The van der Waals surface area contributed by atoms with Gasteiger partial charge in [0.25, 0.3) is 5.91 Å². The molecule has 2 heterocycles. The molecule has 0 spiro atoms. The fourth-order valence-corrected chi connectivity index (χ4v) is 3.22. The molecule has 0 fully saturated rings. The molecule has 3 aromatic rings. The zero-order chi connectivity index (χ0) is 17.8. The standard InChI is InChI=1S/C20H20N4O2/c25-20(18-15-6-2-1-5-14(15)9-12-26-18)22-11-10-21-19-16-7-3-4-8-17(16)23-13-24-19/h1-8,13,18H,9-12H2,(H,22,25)(H,21,23,24). The van der Waals surface area contributed by atoms with Gasteiger partial charge in [0.2, 0.25) is 0 Å². The van der Waals surface area contributed by atoms with Crippen LogP contribution in [0.4, 0.5) is 5.82 Å². The zero-order valence-electron chi connectivity index (χ0n) is 14.3. The summed E-state index contributed by atoms with van der Waals surface area (Å²) in [6.45, 7) is 1.63. The van der Waals surface area contributed by atoms with Crippen LogP contribution in [-0.4, -0.2) is 35.6 Å². The number of carbonyl (C=O) groups excluding carboxylic acids is 1. The Hall–Kier alpha value is -2.99. The molecule has 1 aromatic heterocycles. The first-order valence-corrected chi connectivity index (χ1v) is 8.73. The van der Waals surface area contributed by atoms with Crippen molar-refractivity contribution in [3.63, 3.8) is 0 Å². The largest absolute Gasteiger partial charge is 0.368 e. The second-order valence-corrected chi connectivity index (χ2v) is 6.16. The Bertz CT molecular complexity index is 923. The zero-order valence-corrected chi connectivity index (χ0v) is 14.3. The number of ether oxygens (including phenoxy) is 1. The molecule has 4 rings (SSSR count). The molecule has 1 unspecified atom stereocenters. The van der Waals surface area contributed by atoms with Crippen molar-refractivity contribution in [2.24, 2.45) is 0 Å². The third kappa shape index (κ3) is 3.36. The molecular weight excluding hydrogens is 328 g/mol. The quantitative estimate of drug-likeness (QED) is 0.693. The van der Waals surface area contributed by atoms with E-state index in [0.717, 1.165) is 28.7 Å². The van der Waals surface area contributed by atoms with Crippen LogP contribution in [0.2, 0.25) is 0 Å². The summed E-state index contributed by atoms with van der Waals surface area (Å²) in [5.74, 6) is 0.663. The minimum Gasteiger partial charge on any atom is -0.368 e. The fraction of sp³-hybridized carbons (Fsp3) is 0.250. The molecule has 1 aliphatic heterocycles. The van der Waals surface area contributed by atoms with Gasteiger partial charge in [0.15, 0.2) is 6.10 Å². The van der Waals surface area contributed by atoms with Gasteiger partial charge in [0, 0.05) is 18.5 Å². The summed E-state index contributed by atoms with van der Waals surface area (Å²) in [6, 6.07) is 15.8. The van der Waals surface area contributed by atoms with Gasteiger partial charge in [0.1, 0.15) is 12.1 Å². The lowest BCUT2D eigenvalue weighted by Gasteiger charge is -2.25. The Morgan fingerprint density at radius 2 is 1.92 bits per heavy atom. The van der Waals surface area contributed by atoms with Crippen LogP contribution in [0.1, 0.15) is 17.2 Å². The normalized spacial score (nSPS) is 16.1.